The van der Waals surface area contributed by atoms with E-state index in [-0.39, 0.29) is 31.2 Å². The highest BCUT2D eigenvalue weighted by atomic mass is 19.3. The summed E-state index contributed by atoms with van der Waals surface area (Å²) >= 11 is 0. The van der Waals surface area contributed by atoms with Crippen molar-refractivity contribution in [3.05, 3.63) is 35.6 Å². The van der Waals surface area contributed by atoms with Crippen molar-refractivity contribution >= 4 is 11.7 Å². The van der Waals surface area contributed by atoms with Gasteiger partial charge in [-0.3, -0.25) is 9.48 Å². The second-order valence-corrected chi connectivity index (χ2v) is 7.25. The lowest BCUT2D eigenvalue weighted by molar-refractivity contribution is -0.214. The molecule has 0 atom stereocenters. The molecule has 1 N–H and O–H groups in total. The van der Waals surface area contributed by atoms with Gasteiger partial charge in [0.1, 0.15) is 11.6 Å². The molecule has 27 heavy (non-hydrogen) atoms. The Kier molecular flexibility index (Phi) is 4.46. The van der Waals surface area contributed by atoms with Gasteiger partial charge in [-0.1, -0.05) is 6.42 Å². The molecule has 0 radical (unpaired) electrons. The molecule has 1 aliphatic heterocycles. The minimum atomic E-state index is -2.90. The number of halogens is 3. The number of alkyl halides is 2. The van der Waals surface area contributed by atoms with Crippen molar-refractivity contribution < 1.29 is 18.0 Å². The standard InChI is InChI=1S/C19H21F3N4O/c1-25-18(23-15(27)11-26-10-9-19(26,21)22)16(12-3-2-4-12)17(24-25)13-5-7-14(20)8-6-13/h5-8,12H,2-4,9-11H2,1H3,(H,23,27). The molecule has 2 fully saturated rings. The minimum Gasteiger partial charge on any atom is -0.310 e. The Hall–Kier alpha value is -2.35. The summed E-state index contributed by atoms with van der Waals surface area (Å²) in [6.07, 6.45) is 2.84. The Bertz CT molecular complexity index is 859. The minimum absolute atomic E-state index is 0.210. The number of likely N-dealkylation sites (tertiary alicyclic amines) is 1. The zero-order valence-corrected chi connectivity index (χ0v) is 15.0. The number of aryl methyl sites for hydroxylation is 1. The van der Waals surface area contributed by atoms with Crippen LogP contribution in [0.2, 0.25) is 0 Å². The number of amides is 1. The topological polar surface area (TPSA) is 50.2 Å². The maximum absolute atomic E-state index is 13.4. The predicted octanol–water partition coefficient (Wildman–Crippen LogP) is 3.73. The van der Waals surface area contributed by atoms with E-state index >= 15 is 0 Å². The fraction of sp³-hybridized carbons (Fsp3) is 0.474. The van der Waals surface area contributed by atoms with Gasteiger partial charge in [0.25, 0.3) is 0 Å². The zero-order chi connectivity index (χ0) is 19.2. The first-order valence-corrected chi connectivity index (χ1v) is 9.11. The smallest absolute Gasteiger partial charge is 0.306 e. The summed E-state index contributed by atoms with van der Waals surface area (Å²) in [7, 11) is 1.71. The van der Waals surface area contributed by atoms with Crippen molar-refractivity contribution in [3.8, 4) is 11.3 Å². The van der Waals surface area contributed by atoms with E-state index in [1.807, 2.05) is 0 Å². The Labute approximate surface area is 155 Å². The number of carbonyl (C=O) groups excluding carboxylic acids is 1. The summed E-state index contributed by atoms with van der Waals surface area (Å²) in [5.74, 6) is -0.0279. The van der Waals surface area contributed by atoms with Gasteiger partial charge in [-0.15, -0.1) is 0 Å². The summed E-state index contributed by atoms with van der Waals surface area (Å²) in [6, 6.07) is 3.16. The van der Waals surface area contributed by atoms with Crippen LogP contribution < -0.4 is 5.32 Å². The molecule has 1 saturated heterocycles. The summed E-state index contributed by atoms with van der Waals surface area (Å²) in [5.41, 5.74) is 2.37. The quantitative estimate of drug-likeness (QED) is 0.807. The summed E-state index contributed by atoms with van der Waals surface area (Å²) < 4.78 is 41.7. The molecule has 1 aromatic carbocycles. The van der Waals surface area contributed by atoms with Gasteiger partial charge in [-0.25, -0.2) is 9.29 Å². The third-order valence-corrected chi connectivity index (χ3v) is 5.45. The fourth-order valence-corrected chi connectivity index (χ4v) is 3.57. The highest BCUT2D eigenvalue weighted by molar-refractivity contribution is 5.93. The van der Waals surface area contributed by atoms with Crippen molar-refractivity contribution in [1.82, 2.24) is 14.7 Å². The van der Waals surface area contributed by atoms with Crippen LogP contribution in [0.3, 0.4) is 0 Å². The number of hydrogen-bond donors (Lipinski definition) is 1. The molecule has 1 saturated carbocycles. The van der Waals surface area contributed by atoms with Crippen LogP contribution in [-0.2, 0) is 11.8 Å². The molecule has 0 spiro atoms. The lowest BCUT2D eigenvalue weighted by Gasteiger charge is -2.39. The SMILES string of the molecule is Cn1nc(-c2ccc(F)cc2)c(C2CCC2)c1NC(=O)CN1CCC1(F)F. The highest BCUT2D eigenvalue weighted by Gasteiger charge is 2.46. The average molecular weight is 378 g/mol. The van der Waals surface area contributed by atoms with Crippen LogP contribution in [-0.4, -0.2) is 39.7 Å². The third kappa shape index (κ3) is 3.34. The van der Waals surface area contributed by atoms with E-state index in [4.69, 9.17) is 0 Å². The molecule has 144 valence electrons. The summed E-state index contributed by atoms with van der Waals surface area (Å²) in [6.45, 7) is -0.143. The Morgan fingerprint density at radius 1 is 1.30 bits per heavy atom. The molecule has 1 aromatic heterocycles. The number of anilines is 1. The molecular formula is C19H21F3N4O. The summed E-state index contributed by atoms with van der Waals surface area (Å²) in [5, 5.41) is 7.30. The van der Waals surface area contributed by atoms with E-state index < -0.39 is 12.0 Å². The van der Waals surface area contributed by atoms with Gasteiger partial charge >= 0.3 is 6.05 Å². The molecule has 5 nitrogen and oxygen atoms in total. The van der Waals surface area contributed by atoms with Gasteiger partial charge < -0.3 is 5.32 Å². The number of benzene rings is 1. The second kappa shape index (κ2) is 6.67. The Morgan fingerprint density at radius 3 is 2.52 bits per heavy atom. The molecular weight excluding hydrogens is 357 g/mol. The van der Waals surface area contributed by atoms with E-state index in [0.717, 1.165) is 35.3 Å². The van der Waals surface area contributed by atoms with Crippen LogP contribution in [0.25, 0.3) is 11.3 Å². The van der Waals surface area contributed by atoms with Gasteiger partial charge in [-0.05, 0) is 43.0 Å². The number of hydrogen-bond acceptors (Lipinski definition) is 3. The van der Waals surface area contributed by atoms with Crippen molar-refractivity contribution in [2.45, 2.75) is 37.6 Å². The molecule has 1 amide bonds. The van der Waals surface area contributed by atoms with Gasteiger partial charge in [0.05, 0.1) is 12.2 Å². The first-order chi connectivity index (χ1) is 12.8. The lowest BCUT2D eigenvalue weighted by atomic mass is 9.79. The van der Waals surface area contributed by atoms with Gasteiger partial charge in [-0.2, -0.15) is 13.9 Å². The van der Waals surface area contributed by atoms with Gasteiger partial charge in [0, 0.05) is 31.1 Å². The largest absolute Gasteiger partial charge is 0.310 e. The van der Waals surface area contributed by atoms with Crippen LogP contribution in [0.1, 0.15) is 37.2 Å². The number of rotatable bonds is 5. The Balaban J connectivity index is 1.62. The molecule has 2 heterocycles. The van der Waals surface area contributed by atoms with Crippen LogP contribution in [0, 0.1) is 5.82 Å². The Morgan fingerprint density at radius 2 is 2.00 bits per heavy atom. The highest BCUT2D eigenvalue weighted by Crippen LogP contribution is 2.44. The van der Waals surface area contributed by atoms with Crippen molar-refractivity contribution in [2.75, 3.05) is 18.4 Å². The molecule has 0 unspecified atom stereocenters. The molecule has 0 bridgehead atoms. The van der Waals surface area contributed by atoms with E-state index in [0.29, 0.717) is 11.5 Å². The van der Waals surface area contributed by atoms with Gasteiger partial charge in [0.15, 0.2) is 0 Å². The number of nitrogens with zero attached hydrogens (tertiary/aromatic N) is 3. The van der Waals surface area contributed by atoms with Crippen LogP contribution >= 0.6 is 0 Å². The first-order valence-electron chi connectivity index (χ1n) is 9.11. The fourth-order valence-electron chi connectivity index (χ4n) is 3.57. The van der Waals surface area contributed by atoms with Gasteiger partial charge in [0.2, 0.25) is 5.91 Å². The van der Waals surface area contributed by atoms with Crippen molar-refractivity contribution in [1.29, 1.82) is 0 Å². The molecule has 2 aromatic rings. The summed E-state index contributed by atoms with van der Waals surface area (Å²) in [4.78, 5) is 13.2. The average Bonchev–Trinajstić information content (AvgIpc) is 2.88. The van der Waals surface area contributed by atoms with Crippen molar-refractivity contribution in [2.24, 2.45) is 7.05 Å². The number of aromatic nitrogens is 2. The molecule has 8 heteroatoms. The maximum atomic E-state index is 13.4. The van der Waals surface area contributed by atoms with E-state index in [2.05, 4.69) is 10.4 Å². The van der Waals surface area contributed by atoms with Crippen LogP contribution in [0.15, 0.2) is 24.3 Å². The normalized spacial score (nSPS) is 19.4. The third-order valence-electron chi connectivity index (χ3n) is 5.45. The molecule has 4 rings (SSSR count). The second-order valence-electron chi connectivity index (χ2n) is 7.25. The predicted molar refractivity (Wildman–Crippen MR) is 95.0 cm³/mol. The molecule has 1 aliphatic carbocycles. The van der Waals surface area contributed by atoms with Crippen LogP contribution in [0.4, 0.5) is 19.0 Å². The molecule has 2 aliphatic rings. The van der Waals surface area contributed by atoms with E-state index in [1.54, 1.807) is 23.9 Å². The number of carbonyl (C=O) groups is 1. The zero-order valence-electron chi connectivity index (χ0n) is 15.0. The monoisotopic (exact) mass is 378 g/mol. The van der Waals surface area contributed by atoms with Crippen LogP contribution in [0.5, 0.6) is 0 Å². The first kappa shape index (κ1) is 18.0. The lowest BCUT2D eigenvalue weighted by Crippen LogP contribution is -2.56. The maximum Gasteiger partial charge on any atom is 0.306 e. The van der Waals surface area contributed by atoms with E-state index in [1.165, 1.54) is 12.1 Å². The van der Waals surface area contributed by atoms with Crippen molar-refractivity contribution in [3.63, 3.8) is 0 Å². The number of nitrogens with one attached hydrogen (secondary N) is 1. The van der Waals surface area contributed by atoms with E-state index in [9.17, 15) is 18.0 Å².